The monoisotopic (exact) mass is 392 g/mol. The number of urea groups is 1. The number of nitrogens with zero attached hydrogens (tertiary/aromatic N) is 2. The number of carbonyl (C=O) groups is 2. The van der Waals surface area contributed by atoms with Gasteiger partial charge < -0.3 is 15.5 Å². The Morgan fingerprint density at radius 2 is 1.36 bits per heavy atom. The van der Waals surface area contributed by atoms with E-state index in [2.05, 4.69) is 27.4 Å². The molecule has 0 aromatic carbocycles. The Bertz CT molecular complexity index is 493. The van der Waals surface area contributed by atoms with Crippen LogP contribution in [0.2, 0.25) is 0 Å². The number of piperidine rings is 1. The molecule has 0 bridgehead atoms. The van der Waals surface area contributed by atoms with Crippen molar-refractivity contribution in [2.75, 3.05) is 26.2 Å². The topological polar surface area (TPSA) is 64.7 Å². The summed E-state index contributed by atoms with van der Waals surface area (Å²) >= 11 is 0. The van der Waals surface area contributed by atoms with Crippen LogP contribution in [0.5, 0.6) is 0 Å². The van der Waals surface area contributed by atoms with Gasteiger partial charge in [0.1, 0.15) is 0 Å². The van der Waals surface area contributed by atoms with Crippen molar-refractivity contribution in [3.05, 3.63) is 0 Å². The smallest absolute Gasteiger partial charge is 0.315 e. The van der Waals surface area contributed by atoms with E-state index in [1.165, 1.54) is 51.4 Å². The molecule has 3 amide bonds. The van der Waals surface area contributed by atoms with Crippen molar-refractivity contribution in [1.29, 1.82) is 0 Å². The fourth-order valence-electron chi connectivity index (χ4n) is 5.21. The third-order valence-corrected chi connectivity index (χ3v) is 6.90. The van der Waals surface area contributed by atoms with Crippen LogP contribution in [0.4, 0.5) is 4.79 Å². The van der Waals surface area contributed by atoms with Crippen LogP contribution < -0.4 is 10.6 Å². The van der Waals surface area contributed by atoms with Crippen molar-refractivity contribution in [2.45, 2.75) is 102 Å². The van der Waals surface area contributed by atoms with Gasteiger partial charge in [0.2, 0.25) is 5.91 Å². The molecule has 28 heavy (non-hydrogen) atoms. The first-order valence-corrected chi connectivity index (χ1v) is 11.7. The van der Waals surface area contributed by atoms with Crippen LogP contribution in [0.1, 0.15) is 84.0 Å². The molecule has 1 heterocycles. The second kappa shape index (κ2) is 11.0. The number of hydrogen-bond donors (Lipinski definition) is 2. The van der Waals surface area contributed by atoms with Crippen LogP contribution in [0.15, 0.2) is 0 Å². The molecule has 0 spiro atoms. The summed E-state index contributed by atoms with van der Waals surface area (Å²) in [5.74, 6) is 0.288. The molecular formula is C22H40N4O2. The summed E-state index contributed by atoms with van der Waals surface area (Å²) in [6, 6.07) is 1.03. The molecule has 2 saturated carbocycles. The Balaban J connectivity index is 1.36. The lowest BCUT2D eigenvalue weighted by Crippen LogP contribution is -2.52. The third kappa shape index (κ3) is 6.36. The Labute approximate surface area is 170 Å². The minimum Gasteiger partial charge on any atom is -0.339 e. The molecule has 3 rings (SSSR count). The summed E-state index contributed by atoms with van der Waals surface area (Å²) in [6.45, 7) is 5.24. The van der Waals surface area contributed by atoms with Crippen LogP contribution in [-0.4, -0.2) is 66.0 Å². The number of rotatable bonds is 6. The molecule has 0 aromatic rings. The summed E-state index contributed by atoms with van der Waals surface area (Å²) in [5.41, 5.74) is 0. The number of nitrogens with one attached hydrogen (secondary N) is 2. The number of likely N-dealkylation sites (N-methyl/N-ethyl adjacent to an activating group) is 1. The Hall–Kier alpha value is -1.30. The van der Waals surface area contributed by atoms with Crippen LogP contribution in [0.3, 0.4) is 0 Å². The van der Waals surface area contributed by atoms with Crippen molar-refractivity contribution < 1.29 is 9.59 Å². The molecule has 3 fully saturated rings. The van der Waals surface area contributed by atoms with E-state index in [9.17, 15) is 9.59 Å². The van der Waals surface area contributed by atoms with Crippen molar-refractivity contribution in [1.82, 2.24) is 20.4 Å². The molecule has 160 valence electrons. The Morgan fingerprint density at radius 3 is 1.93 bits per heavy atom. The van der Waals surface area contributed by atoms with E-state index in [-0.39, 0.29) is 18.0 Å². The summed E-state index contributed by atoms with van der Waals surface area (Å²) < 4.78 is 0. The van der Waals surface area contributed by atoms with Gasteiger partial charge in [0.25, 0.3) is 0 Å². The first-order valence-electron chi connectivity index (χ1n) is 11.7. The standard InChI is InChI=1S/C22H40N4O2/c1-2-26(20-11-7-4-8-12-20)21(27)17-25-15-13-19(14-16-25)24-22(28)23-18-9-5-3-6-10-18/h18-20H,2-17H2,1H3,(H2,23,24,28). The molecule has 2 N–H and O–H groups in total. The molecular weight excluding hydrogens is 352 g/mol. The number of carbonyl (C=O) groups excluding carboxylic acids is 2. The van der Waals surface area contributed by atoms with Crippen LogP contribution in [0, 0.1) is 0 Å². The summed E-state index contributed by atoms with van der Waals surface area (Å²) in [6.07, 6.45) is 14.0. The highest BCUT2D eigenvalue weighted by atomic mass is 16.2. The molecule has 6 heteroatoms. The number of likely N-dealkylation sites (tertiary alicyclic amines) is 1. The molecule has 0 unspecified atom stereocenters. The molecule has 0 aromatic heterocycles. The maximum atomic E-state index is 12.8. The summed E-state index contributed by atoms with van der Waals surface area (Å²) in [7, 11) is 0. The normalized spacial score (nSPS) is 23.3. The van der Waals surface area contributed by atoms with Gasteiger partial charge in [-0.2, -0.15) is 0 Å². The lowest BCUT2D eigenvalue weighted by molar-refractivity contribution is -0.135. The first-order chi connectivity index (χ1) is 13.7. The fourth-order valence-corrected chi connectivity index (χ4v) is 5.21. The second-order valence-corrected chi connectivity index (χ2v) is 8.97. The Morgan fingerprint density at radius 1 is 0.821 bits per heavy atom. The first kappa shape index (κ1) is 21.4. The molecule has 0 atom stereocenters. The van der Waals surface area contributed by atoms with E-state index in [1.807, 2.05) is 0 Å². The highest BCUT2D eigenvalue weighted by Gasteiger charge is 2.28. The number of hydrogen-bond acceptors (Lipinski definition) is 3. The van der Waals surface area contributed by atoms with E-state index in [1.54, 1.807) is 0 Å². The fraction of sp³-hybridized carbons (Fsp3) is 0.909. The van der Waals surface area contributed by atoms with E-state index in [4.69, 9.17) is 0 Å². The summed E-state index contributed by atoms with van der Waals surface area (Å²) in [4.78, 5) is 29.5. The maximum Gasteiger partial charge on any atom is 0.315 e. The summed E-state index contributed by atoms with van der Waals surface area (Å²) in [5, 5.41) is 6.30. The average Bonchev–Trinajstić information content (AvgIpc) is 2.71. The Kier molecular flexibility index (Phi) is 8.44. The van der Waals surface area contributed by atoms with Gasteiger partial charge in [-0.15, -0.1) is 0 Å². The predicted octanol–water partition coefficient (Wildman–Crippen LogP) is 3.26. The van der Waals surface area contributed by atoms with Crippen LogP contribution >= 0.6 is 0 Å². The van der Waals surface area contributed by atoms with E-state index in [0.717, 1.165) is 45.3 Å². The van der Waals surface area contributed by atoms with Gasteiger partial charge >= 0.3 is 6.03 Å². The molecule has 2 aliphatic carbocycles. The van der Waals surface area contributed by atoms with Gasteiger partial charge in [-0.05, 0) is 45.4 Å². The average molecular weight is 393 g/mol. The van der Waals surface area contributed by atoms with Crippen molar-refractivity contribution in [3.63, 3.8) is 0 Å². The predicted molar refractivity (Wildman–Crippen MR) is 112 cm³/mol. The van der Waals surface area contributed by atoms with Gasteiger partial charge in [0.15, 0.2) is 0 Å². The zero-order valence-electron chi connectivity index (χ0n) is 17.8. The van der Waals surface area contributed by atoms with E-state index in [0.29, 0.717) is 18.6 Å². The minimum atomic E-state index is -0.00381. The molecule has 1 saturated heterocycles. The zero-order valence-corrected chi connectivity index (χ0v) is 17.8. The van der Waals surface area contributed by atoms with Gasteiger partial charge in [-0.25, -0.2) is 4.79 Å². The largest absolute Gasteiger partial charge is 0.339 e. The molecule has 1 aliphatic heterocycles. The molecule has 3 aliphatic rings. The molecule has 6 nitrogen and oxygen atoms in total. The number of amides is 3. The second-order valence-electron chi connectivity index (χ2n) is 8.97. The van der Waals surface area contributed by atoms with E-state index < -0.39 is 0 Å². The van der Waals surface area contributed by atoms with Gasteiger partial charge in [-0.1, -0.05) is 38.5 Å². The zero-order chi connectivity index (χ0) is 19.8. The SMILES string of the molecule is CCN(C(=O)CN1CCC(NC(=O)NC2CCCCC2)CC1)C1CCCCC1. The van der Waals surface area contributed by atoms with E-state index >= 15 is 0 Å². The van der Waals surface area contributed by atoms with Crippen LogP contribution in [0.25, 0.3) is 0 Å². The minimum absolute atomic E-state index is 0.00381. The quantitative estimate of drug-likeness (QED) is 0.729. The van der Waals surface area contributed by atoms with Crippen molar-refractivity contribution >= 4 is 11.9 Å². The highest BCUT2D eigenvalue weighted by Crippen LogP contribution is 2.23. The maximum absolute atomic E-state index is 12.8. The lowest BCUT2D eigenvalue weighted by atomic mass is 9.94. The highest BCUT2D eigenvalue weighted by molar-refractivity contribution is 5.78. The third-order valence-electron chi connectivity index (χ3n) is 6.90. The molecule has 0 radical (unpaired) electrons. The van der Waals surface area contributed by atoms with Crippen molar-refractivity contribution in [2.24, 2.45) is 0 Å². The van der Waals surface area contributed by atoms with Crippen LogP contribution in [-0.2, 0) is 4.79 Å². The lowest BCUT2D eigenvalue weighted by Gasteiger charge is -2.37. The van der Waals surface area contributed by atoms with Gasteiger partial charge in [-0.3, -0.25) is 9.69 Å². The van der Waals surface area contributed by atoms with Crippen molar-refractivity contribution in [3.8, 4) is 0 Å². The van der Waals surface area contributed by atoms with Gasteiger partial charge in [0, 0.05) is 37.8 Å². The van der Waals surface area contributed by atoms with Gasteiger partial charge in [0.05, 0.1) is 6.54 Å².